The van der Waals surface area contributed by atoms with Crippen molar-refractivity contribution in [2.24, 2.45) is 11.7 Å². The van der Waals surface area contributed by atoms with E-state index >= 15 is 0 Å². The van der Waals surface area contributed by atoms with Crippen LogP contribution in [0.15, 0.2) is 6.07 Å². The van der Waals surface area contributed by atoms with Gasteiger partial charge in [-0.25, -0.2) is 0 Å². The van der Waals surface area contributed by atoms with Crippen LogP contribution in [0.25, 0.3) is 0 Å². The van der Waals surface area contributed by atoms with E-state index in [-0.39, 0.29) is 5.60 Å². The highest BCUT2D eigenvalue weighted by atomic mass is 16.5. The van der Waals surface area contributed by atoms with Gasteiger partial charge in [0, 0.05) is 35.8 Å². The Morgan fingerprint density at radius 1 is 1.47 bits per heavy atom. The Kier molecular flexibility index (Phi) is 2.79. The minimum atomic E-state index is -0.259. The van der Waals surface area contributed by atoms with E-state index in [0.717, 1.165) is 18.7 Å². The minimum Gasteiger partial charge on any atom is -0.485 e. The van der Waals surface area contributed by atoms with Crippen LogP contribution in [0, 0.1) is 12.8 Å². The van der Waals surface area contributed by atoms with E-state index < -0.39 is 0 Å². The lowest BCUT2D eigenvalue weighted by Gasteiger charge is -2.28. The highest BCUT2D eigenvalue weighted by Gasteiger charge is 2.43. The number of benzene rings is 1. The van der Waals surface area contributed by atoms with E-state index in [1.807, 2.05) is 0 Å². The summed E-state index contributed by atoms with van der Waals surface area (Å²) in [5.41, 5.74) is 11.0. The van der Waals surface area contributed by atoms with Gasteiger partial charge in [0.1, 0.15) is 11.4 Å². The second-order valence-corrected chi connectivity index (χ2v) is 6.50. The number of hydrogen-bond donors (Lipinski definition) is 2. The molecule has 0 aliphatic carbocycles. The SMILES string of the molecule is Cc1cc2c(c3c1NCC(C)C3)OC(C)(CN)C2C. The Bertz CT molecular complexity index is 526. The minimum absolute atomic E-state index is 0.259. The van der Waals surface area contributed by atoms with Crippen LogP contribution in [0.3, 0.4) is 0 Å². The number of rotatable bonds is 1. The van der Waals surface area contributed by atoms with Crippen LogP contribution in [0.1, 0.15) is 43.4 Å². The molecule has 3 N–H and O–H groups in total. The fourth-order valence-corrected chi connectivity index (χ4v) is 3.35. The van der Waals surface area contributed by atoms with Crippen LogP contribution in [0.2, 0.25) is 0 Å². The number of hydrogen-bond acceptors (Lipinski definition) is 3. The molecule has 0 aromatic heterocycles. The summed E-state index contributed by atoms with van der Waals surface area (Å²) >= 11 is 0. The summed E-state index contributed by atoms with van der Waals surface area (Å²) in [4.78, 5) is 0. The highest BCUT2D eigenvalue weighted by Crippen LogP contribution is 2.50. The first-order valence-electron chi connectivity index (χ1n) is 7.25. The van der Waals surface area contributed by atoms with Crippen LogP contribution in [0.5, 0.6) is 5.75 Å². The first-order chi connectivity index (χ1) is 8.96. The fourth-order valence-electron chi connectivity index (χ4n) is 3.35. The number of nitrogens with one attached hydrogen (secondary N) is 1. The lowest BCUT2D eigenvalue weighted by atomic mass is 9.84. The summed E-state index contributed by atoms with van der Waals surface area (Å²) in [5, 5.41) is 3.56. The standard InChI is InChI=1S/C16H24N2O/c1-9-5-13-14(18-7-9)10(2)6-12-11(3)16(4,8-17)19-15(12)13/h6,9,11,18H,5,7-8,17H2,1-4H3. The molecule has 0 bridgehead atoms. The van der Waals surface area contributed by atoms with Gasteiger partial charge in [-0.3, -0.25) is 0 Å². The normalized spacial score (nSPS) is 32.3. The van der Waals surface area contributed by atoms with Gasteiger partial charge in [-0.05, 0) is 37.8 Å². The van der Waals surface area contributed by atoms with Gasteiger partial charge in [0.15, 0.2) is 0 Å². The second kappa shape index (κ2) is 4.14. The Morgan fingerprint density at radius 2 is 2.21 bits per heavy atom. The number of aryl methyl sites for hydroxylation is 1. The molecule has 1 aromatic rings. The van der Waals surface area contributed by atoms with Crippen LogP contribution in [-0.4, -0.2) is 18.7 Å². The average molecular weight is 260 g/mol. The fraction of sp³-hybridized carbons (Fsp3) is 0.625. The van der Waals surface area contributed by atoms with Crippen LogP contribution in [-0.2, 0) is 6.42 Å². The number of nitrogens with two attached hydrogens (primary N) is 1. The average Bonchev–Trinajstić information content (AvgIpc) is 2.64. The third kappa shape index (κ3) is 1.75. The third-order valence-corrected chi connectivity index (χ3v) is 4.91. The predicted molar refractivity (Wildman–Crippen MR) is 79.0 cm³/mol. The lowest BCUT2D eigenvalue weighted by molar-refractivity contribution is 0.102. The largest absolute Gasteiger partial charge is 0.485 e. The van der Waals surface area contributed by atoms with Crippen molar-refractivity contribution in [2.75, 3.05) is 18.4 Å². The molecule has 0 saturated heterocycles. The molecule has 104 valence electrons. The first-order valence-corrected chi connectivity index (χ1v) is 7.25. The van der Waals surface area contributed by atoms with Gasteiger partial charge in [-0.1, -0.05) is 13.8 Å². The maximum Gasteiger partial charge on any atom is 0.129 e. The Hall–Kier alpha value is -1.22. The zero-order valence-electron chi connectivity index (χ0n) is 12.3. The Labute approximate surface area is 115 Å². The number of anilines is 1. The molecule has 3 heteroatoms. The molecule has 3 rings (SSSR count). The molecule has 1 aromatic carbocycles. The quantitative estimate of drug-likeness (QED) is 0.816. The molecular formula is C16H24N2O. The van der Waals surface area contributed by atoms with Gasteiger partial charge in [0.25, 0.3) is 0 Å². The molecule has 3 unspecified atom stereocenters. The molecule has 2 aliphatic rings. The zero-order chi connectivity index (χ0) is 13.8. The predicted octanol–water partition coefficient (Wildman–Crippen LogP) is 2.81. The molecular weight excluding hydrogens is 236 g/mol. The smallest absolute Gasteiger partial charge is 0.129 e. The van der Waals surface area contributed by atoms with Crippen LogP contribution >= 0.6 is 0 Å². The van der Waals surface area contributed by atoms with Crippen LogP contribution < -0.4 is 15.8 Å². The van der Waals surface area contributed by atoms with E-state index in [1.165, 1.54) is 22.4 Å². The van der Waals surface area contributed by atoms with Crippen LogP contribution in [0.4, 0.5) is 5.69 Å². The van der Waals surface area contributed by atoms with Gasteiger partial charge in [-0.15, -0.1) is 0 Å². The lowest BCUT2D eigenvalue weighted by Crippen LogP contribution is -2.41. The van der Waals surface area contributed by atoms with Gasteiger partial charge in [0.2, 0.25) is 0 Å². The molecule has 0 amide bonds. The van der Waals surface area contributed by atoms with E-state index in [9.17, 15) is 0 Å². The van der Waals surface area contributed by atoms with Crippen molar-refractivity contribution < 1.29 is 4.74 Å². The number of ether oxygens (including phenoxy) is 1. The Morgan fingerprint density at radius 3 is 2.89 bits per heavy atom. The van der Waals surface area contributed by atoms with Gasteiger partial charge >= 0.3 is 0 Å². The summed E-state index contributed by atoms with van der Waals surface area (Å²) in [5.74, 6) is 2.11. The summed E-state index contributed by atoms with van der Waals surface area (Å²) in [6, 6.07) is 2.28. The van der Waals surface area contributed by atoms with E-state index in [0.29, 0.717) is 18.4 Å². The molecule has 3 atom stereocenters. The third-order valence-electron chi connectivity index (χ3n) is 4.91. The molecule has 3 nitrogen and oxygen atoms in total. The van der Waals surface area contributed by atoms with Crippen molar-refractivity contribution in [2.45, 2.75) is 45.6 Å². The topological polar surface area (TPSA) is 47.3 Å². The van der Waals surface area contributed by atoms with Crippen molar-refractivity contribution in [3.8, 4) is 5.75 Å². The van der Waals surface area contributed by atoms with Gasteiger partial charge < -0.3 is 15.8 Å². The van der Waals surface area contributed by atoms with Crippen molar-refractivity contribution in [3.63, 3.8) is 0 Å². The summed E-state index contributed by atoms with van der Waals surface area (Å²) < 4.78 is 6.29. The summed E-state index contributed by atoms with van der Waals surface area (Å²) in [6.45, 7) is 10.4. The molecule has 2 heterocycles. The van der Waals surface area contributed by atoms with Crippen molar-refractivity contribution in [3.05, 3.63) is 22.8 Å². The summed E-state index contributed by atoms with van der Waals surface area (Å²) in [7, 11) is 0. The zero-order valence-corrected chi connectivity index (χ0v) is 12.3. The maximum atomic E-state index is 6.29. The molecule has 19 heavy (non-hydrogen) atoms. The maximum absolute atomic E-state index is 6.29. The molecule has 0 spiro atoms. The van der Waals surface area contributed by atoms with Crippen molar-refractivity contribution in [1.82, 2.24) is 0 Å². The first kappa shape index (κ1) is 12.8. The molecule has 0 saturated carbocycles. The molecule has 2 aliphatic heterocycles. The van der Waals surface area contributed by atoms with Crippen molar-refractivity contribution >= 4 is 5.69 Å². The van der Waals surface area contributed by atoms with E-state index in [1.54, 1.807) is 0 Å². The van der Waals surface area contributed by atoms with Gasteiger partial charge in [0.05, 0.1) is 0 Å². The Balaban J connectivity index is 2.15. The second-order valence-electron chi connectivity index (χ2n) is 6.50. The summed E-state index contributed by atoms with van der Waals surface area (Å²) in [6.07, 6.45) is 1.10. The van der Waals surface area contributed by atoms with Gasteiger partial charge in [-0.2, -0.15) is 0 Å². The number of fused-ring (bicyclic) bond motifs is 3. The highest BCUT2D eigenvalue weighted by molar-refractivity contribution is 5.68. The molecule has 0 fully saturated rings. The van der Waals surface area contributed by atoms with E-state index in [2.05, 4.69) is 39.1 Å². The van der Waals surface area contributed by atoms with E-state index in [4.69, 9.17) is 10.5 Å². The molecule has 0 radical (unpaired) electrons. The van der Waals surface area contributed by atoms with Crippen molar-refractivity contribution in [1.29, 1.82) is 0 Å². The monoisotopic (exact) mass is 260 g/mol.